The van der Waals surface area contributed by atoms with Gasteiger partial charge in [0.05, 0.1) is 6.04 Å². The van der Waals surface area contributed by atoms with Gasteiger partial charge < -0.3 is 10.2 Å². The maximum Gasteiger partial charge on any atom is 0.251 e. The van der Waals surface area contributed by atoms with Gasteiger partial charge in [-0.25, -0.2) is 0 Å². The van der Waals surface area contributed by atoms with Crippen molar-refractivity contribution in [2.75, 3.05) is 20.6 Å². The number of benzene rings is 2. The minimum absolute atomic E-state index is 0.0149. The molecule has 0 saturated carbocycles. The van der Waals surface area contributed by atoms with Gasteiger partial charge in [-0.3, -0.25) is 4.79 Å². The Balaban J connectivity index is 2.14. The van der Waals surface area contributed by atoms with E-state index in [1.165, 1.54) is 0 Å². The average Bonchev–Trinajstić information content (AvgIpc) is 2.48. The summed E-state index contributed by atoms with van der Waals surface area (Å²) < 4.78 is 0. The number of nitrogens with zero attached hydrogens (tertiary/aromatic N) is 1. The monoisotopic (exact) mass is 268 g/mol. The number of amides is 1. The summed E-state index contributed by atoms with van der Waals surface area (Å²) in [4.78, 5) is 14.4. The molecule has 1 amide bonds. The van der Waals surface area contributed by atoms with E-state index >= 15 is 0 Å². The van der Waals surface area contributed by atoms with Gasteiger partial charge in [0, 0.05) is 12.1 Å². The number of carbonyl (C=O) groups excluding carboxylic acids is 1. The number of rotatable bonds is 5. The molecule has 1 atom stereocenters. The van der Waals surface area contributed by atoms with Crippen LogP contribution in [0.25, 0.3) is 0 Å². The molecule has 0 unspecified atom stereocenters. The lowest BCUT2D eigenvalue weighted by molar-refractivity contribution is 0.0930. The first-order chi connectivity index (χ1) is 9.66. The van der Waals surface area contributed by atoms with Crippen LogP contribution in [0.2, 0.25) is 0 Å². The van der Waals surface area contributed by atoms with E-state index in [2.05, 4.69) is 10.2 Å². The van der Waals surface area contributed by atoms with Gasteiger partial charge in [0.25, 0.3) is 5.91 Å². The highest BCUT2D eigenvalue weighted by molar-refractivity contribution is 5.94. The highest BCUT2D eigenvalue weighted by Gasteiger charge is 2.16. The highest BCUT2D eigenvalue weighted by atomic mass is 16.1. The van der Waals surface area contributed by atoms with Crippen LogP contribution in [0.15, 0.2) is 60.7 Å². The highest BCUT2D eigenvalue weighted by Crippen LogP contribution is 2.14. The molecule has 2 aromatic rings. The van der Waals surface area contributed by atoms with Gasteiger partial charge >= 0.3 is 0 Å². The molecular weight excluding hydrogens is 248 g/mol. The predicted octanol–water partition coefficient (Wildman–Crippen LogP) is 2.72. The molecule has 1 N–H and O–H groups in total. The average molecular weight is 268 g/mol. The molecule has 2 rings (SSSR count). The smallest absolute Gasteiger partial charge is 0.251 e. The summed E-state index contributed by atoms with van der Waals surface area (Å²) in [6.07, 6.45) is 0. The van der Waals surface area contributed by atoms with Crippen LogP contribution in [0.5, 0.6) is 0 Å². The van der Waals surface area contributed by atoms with Gasteiger partial charge in [-0.15, -0.1) is 0 Å². The van der Waals surface area contributed by atoms with Crippen molar-refractivity contribution in [3.05, 3.63) is 71.8 Å². The molecule has 0 spiro atoms. The van der Waals surface area contributed by atoms with Crippen LogP contribution in [-0.4, -0.2) is 31.4 Å². The van der Waals surface area contributed by atoms with Crippen molar-refractivity contribution in [2.24, 2.45) is 0 Å². The topological polar surface area (TPSA) is 32.3 Å². The zero-order valence-electron chi connectivity index (χ0n) is 11.9. The quantitative estimate of drug-likeness (QED) is 0.904. The molecule has 0 saturated heterocycles. The summed E-state index contributed by atoms with van der Waals surface area (Å²) in [6.45, 7) is 0.766. The summed E-state index contributed by atoms with van der Waals surface area (Å²) in [5.74, 6) is -0.0405. The minimum Gasteiger partial charge on any atom is -0.344 e. The van der Waals surface area contributed by atoms with Gasteiger partial charge in [0.1, 0.15) is 0 Å². The van der Waals surface area contributed by atoms with Crippen LogP contribution >= 0.6 is 0 Å². The van der Waals surface area contributed by atoms with Crippen molar-refractivity contribution < 1.29 is 4.79 Å². The summed E-state index contributed by atoms with van der Waals surface area (Å²) in [7, 11) is 4.01. The van der Waals surface area contributed by atoms with Gasteiger partial charge in [0.15, 0.2) is 0 Å². The zero-order chi connectivity index (χ0) is 14.4. The number of hydrogen-bond acceptors (Lipinski definition) is 2. The van der Waals surface area contributed by atoms with Gasteiger partial charge in [-0.05, 0) is 31.8 Å². The van der Waals surface area contributed by atoms with Crippen molar-refractivity contribution in [3.63, 3.8) is 0 Å². The molecule has 20 heavy (non-hydrogen) atoms. The zero-order valence-corrected chi connectivity index (χ0v) is 11.9. The summed E-state index contributed by atoms with van der Waals surface area (Å²) >= 11 is 0. The molecule has 0 heterocycles. The lowest BCUT2D eigenvalue weighted by Crippen LogP contribution is -2.35. The molecular formula is C17H20N2O. The third-order valence-corrected chi connectivity index (χ3v) is 3.09. The predicted molar refractivity (Wildman–Crippen MR) is 81.6 cm³/mol. The lowest BCUT2D eigenvalue weighted by atomic mass is 10.1. The van der Waals surface area contributed by atoms with Crippen LogP contribution < -0.4 is 5.32 Å². The Morgan fingerprint density at radius 2 is 1.55 bits per heavy atom. The number of carbonyl (C=O) groups is 1. The van der Waals surface area contributed by atoms with Crippen LogP contribution in [0, 0.1) is 0 Å². The summed E-state index contributed by atoms with van der Waals surface area (Å²) in [6, 6.07) is 19.3. The Morgan fingerprint density at radius 1 is 1.00 bits per heavy atom. The second-order valence-corrected chi connectivity index (χ2v) is 5.06. The second kappa shape index (κ2) is 6.87. The standard InChI is InChI=1S/C17H20N2O/c1-19(2)13-16(14-9-5-3-6-10-14)18-17(20)15-11-7-4-8-12-15/h3-12,16H,13H2,1-2H3,(H,18,20)/t16-/m1/s1. The fourth-order valence-corrected chi connectivity index (χ4v) is 2.12. The van der Waals surface area contributed by atoms with Crippen molar-refractivity contribution >= 4 is 5.91 Å². The molecule has 3 heteroatoms. The largest absolute Gasteiger partial charge is 0.344 e. The lowest BCUT2D eigenvalue weighted by Gasteiger charge is -2.23. The molecule has 104 valence electrons. The number of hydrogen-bond donors (Lipinski definition) is 1. The van der Waals surface area contributed by atoms with E-state index < -0.39 is 0 Å². The minimum atomic E-state index is -0.0405. The Bertz CT molecular complexity index is 537. The summed E-state index contributed by atoms with van der Waals surface area (Å²) in [5, 5.41) is 3.10. The second-order valence-electron chi connectivity index (χ2n) is 5.06. The first-order valence-electron chi connectivity index (χ1n) is 6.72. The van der Waals surface area contributed by atoms with Gasteiger partial charge in [-0.1, -0.05) is 48.5 Å². The van der Waals surface area contributed by atoms with Crippen LogP contribution in [0.3, 0.4) is 0 Å². The van der Waals surface area contributed by atoms with Crippen LogP contribution in [0.4, 0.5) is 0 Å². The van der Waals surface area contributed by atoms with E-state index in [1.807, 2.05) is 74.8 Å². The van der Waals surface area contributed by atoms with E-state index in [-0.39, 0.29) is 11.9 Å². The van der Waals surface area contributed by atoms with Crippen LogP contribution in [-0.2, 0) is 0 Å². The Hall–Kier alpha value is -2.13. The Morgan fingerprint density at radius 3 is 2.10 bits per heavy atom. The molecule has 0 aliphatic rings. The molecule has 0 fully saturated rings. The molecule has 0 aromatic heterocycles. The van der Waals surface area contributed by atoms with Gasteiger partial charge in [0.2, 0.25) is 0 Å². The molecule has 0 radical (unpaired) electrons. The van der Waals surface area contributed by atoms with E-state index in [0.717, 1.165) is 12.1 Å². The Labute approximate surface area is 120 Å². The van der Waals surface area contributed by atoms with Crippen molar-refractivity contribution in [1.29, 1.82) is 0 Å². The molecule has 2 aromatic carbocycles. The van der Waals surface area contributed by atoms with E-state index in [1.54, 1.807) is 0 Å². The fourth-order valence-electron chi connectivity index (χ4n) is 2.12. The third-order valence-electron chi connectivity index (χ3n) is 3.09. The molecule has 3 nitrogen and oxygen atoms in total. The van der Waals surface area contributed by atoms with Gasteiger partial charge in [-0.2, -0.15) is 0 Å². The van der Waals surface area contributed by atoms with E-state index in [9.17, 15) is 4.79 Å². The first-order valence-corrected chi connectivity index (χ1v) is 6.72. The van der Waals surface area contributed by atoms with E-state index in [4.69, 9.17) is 0 Å². The number of likely N-dealkylation sites (N-methyl/N-ethyl adjacent to an activating group) is 1. The Kier molecular flexibility index (Phi) is 4.91. The molecule has 0 aliphatic heterocycles. The normalized spacial score (nSPS) is 12.2. The van der Waals surface area contributed by atoms with Crippen molar-refractivity contribution in [1.82, 2.24) is 10.2 Å². The maximum absolute atomic E-state index is 12.3. The fraction of sp³-hybridized carbons (Fsp3) is 0.235. The van der Waals surface area contributed by atoms with Crippen molar-refractivity contribution in [3.8, 4) is 0 Å². The SMILES string of the molecule is CN(C)C[C@@H](NC(=O)c1ccccc1)c1ccccc1. The van der Waals surface area contributed by atoms with E-state index in [0.29, 0.717) is 5.56 Å². The third kappa shape index (κ3) is 3.93. The van der Waals surface area contributed by atoms with Crippen molar-refractivity contribution in [2.45, 2.75) is 6.04 Å². The first kappa shape index (κ1) is 14.3. The summed E-state index contributed by atoms with van der Waals surface area (Å²) in [5.41, 5.74) is 1.80. The van der Waals surface area contributed by atoms with Crippen LogP contribution in [0.1, 0.15) is 22.0 Å². The number of nitrogens with one attached hydrogen (secondary N) is 1. The maximum atomic E-state index is 12.3. The molecule has 0 aliphatic carbocycles. The molecule has 0 bridgehead atoms.